The van der Waals surface area contributed by atoms with Crippen LogP contribution >= 0.6 is 0 Å². The molecule has 0 aliphatic heterocycles. The molecule has 5 heteroatoms. The number of esters is 2. The van der Waals surface area contributed by atoms with Crippen LogP contribution < -0.4 is 0 Å². The lowest BCUT2D eigenvalue weighted by molar-refractivity contribution is -0.161. The highest BCUT2D eigenvalue weighted by molar-refractivity contribution is 5.70. The summed E-state index contributed by atoms with van der Waals surface area (Å²) in [7, 11) is 0. The molecule has 1 atom stereocenters. The van der Waals surface area contributed by atoms with Gasteiger partial charge in [-0.1, -0.05) is 171 Å². The van der Waals surface area contributed by atoms with E-state index in [-0.39, 0.29) is 25.2 Å². The third kappa shape index (κ3) is 40.4. The van der Waals surface area contributed by atoms with E-state index in [9.17, 15) is 14.7 Å². The van der Waals surface area contributed by atoms with E-state index >= 15 is 0 Å². The zero-order valence-corrected chi connectivity index (χ0v) is 34.1. The third-order valence-corrected chi connectivity index (χ3v) is 9.28. The fraction of sp³-hybridized carbons (Fsp3) is 0.745. The van der Waals surface area contributed by atoms with Gasteiger partial charge in [-0.05, 0) is 83.5 Å². The van der Waals surface area contributed by atoms with Gasteiger partial charge in [-0.15, -0.1) is 0 Å². The van der Waals surface area contributed by atoms with Crippen LogP contribution in [0.1, 0.15) is 206 Å². The molecule has 0 heterocycles. The molecule has 0 bridgehead atoms. The second kappa shape index (κ2) is 43.0. The smallest absolute Gasteiger partial charge is 0.306 e. The van der Waals surface area contributed by atoms with Crippen molar-refractivity contribution in [3.8, 4) is 0 Å². The first-order chi connectivity index (χ1) is 25.6. The Morgan fingerprint density at radius 1 is 0.442 bits per heavy atom. The van der Waals surface area contributed by atoms with Crippen LogP contribution in [0.15, 0.2) is 60.8 Å². The van der Waals surface area contributed by atoms with Crippen LogP contribution in [0.5, 0.6) is 0 Å². The lowest BCUT2D eigenvalue weighted by atomic mass is 10.1. The van der Waals surface area contributed by atoms with Gasteiger partial charge in [-0.3, -0.25) is 9.59 Å². The van der Waals surface area contributed by atoms with Gasteiger partial charge < -0.3 is 14.6 Å². The van der Waals surface area contributed by atoms with Gasteiger partial charge >= 0.3 is 11.9 Å². The van der Waals surface area contributed by atoms with E-state index in [4.69, 9.17) is 9.47 Å². The first-order valence-electron chi connectivity index (χ1n) is 21.8. The molecule has 5 nitrogen and oxygen atoms in total. The Morgan fingerprint density at radius 3 is 1.15 bits per heavy atom. The summed E-state index contributed by atoms with van der Waals surface area (Å²) in [5.74, 6) is -0.610. The predicted molar refractivity (Wildman–Crippen MR) is 223 cm³/mol. The zero-order chi connectivity index (χ0) is 37.8. The van der Waals surface area contributed by atoms with Crippen molar-refractivity contribution < 1.29 is 24.2 Å². The van der Waals surface area contributed by atoms with E-state index in [0.717, 1.165) is 64.2 Å². The Hall–Kier alpha value is -2.40. The Morgan fingerprint density at radius 2 is 0.769 bits per heavy atom. The molecule has 0 rings (SSSR count). The average molecular weight is 727 g/mol. The molecule has 0 aliphatic rings. The average Bonchev–Trinajstić information content (AvgIpc) is 3.15. The second-order valence-corrected chi connectivity index (χ2v) is 14.4. The van der Waals surface area contributed by atoms with Gasteiger partial charge in [0.05, 0.1) is 6.61 Å². The molecule has 0 aromatic carbocycles. The lowest BCUT2D eigenvalue weighted by Crippen LogP contribution is -2.28. The molecule has 0 saturated carbocycles. The van der Waals surface area contributed by atoms with E-state index in [1.807, 2.05) is 0 Å². The molecule has 300 valence electrons. The van der Waals surface area contributed by atoms with Crippen molar-refractivity contribution in [3.05, 3.63) is 60.8 Å². The highest BCUT2D eigenvalue weighted by Gasteiger charge is 2.16. The van der Waals surface area contributed by atoms with Crippen molar-refractivity contribution in [2.75, 3.05) is 13.2 Å². The highest BCUT2D eigenvalue weighted by atomic mass is 16.6. The number of aliphatic hydroxyl groups is 1. The van der Waals surface area contributed by atoms with Crippen LogP contribution in [0.4, 0.5) is 0 Å². The number of carbonyl (C=O) groups is 2. The maximum absolute atomic E-state index is 12.2. The quantitative estimate of drug-likeness (QED) is 0.0388. The van der Waals surface area contributed by atoms with Crippen molar-refractivity contribution in [1.82, 2.24) is 0 Å². The van der Waals surface area contributed by atoms with Crippen LogP contribution in [-0.2, 0) is 19.1 Å². The van der Waals surface area contributed by atoms with Crippen molar-refractivity contribution in [1.29, 1.82) is 0 Å². The number of hydrogen-bond acceptors (Lipinski definition) is 5. The second-order valence-electron chi connectivity index (χ2n) is 14.4. The monoisotopic (exact) mass is 727 g/mol. The summed E-state index contributed by atoms with van der Waals surface area (Å²) in [6.07, 6.45) is 55.7. The van der Waals surface area contributed by atoms with Crippen molar-refractivity contribution >= 4 is 11.9 Å². The van der Waals surface area contributed by atoms with Gasteiger partial charge in [0.25, 0.3) is 0 Å². The summed E-state index contributed by atoms with van der Waals surface area (Å²) in [6, 6.07) is 0. The molecule has 1 N–H and O–H groups in total. The fourth-order valence-electron chi connectivity index (χ4n) is 5.94. The first kappa shape index (κ1) is 49.6. The third-order valence-electron chi connectivity index (χ3n) is 9.28. The molecule has 0 spiro atoms. The number of unbranched alkanes of at least 4 members (excludes halogenated alkanes) is 21. The largest absolute Gasteiger partial charge is 0.462 e. The molecular weight excluding hydrogens is 645 g/mol. The minimum absolute atomic E-state index is 0.0760. The number of ether oxygens (including phenoxy) is 2. The van der Waals surface area contributed by atoms with Crippen molar-refractivity contribution in [2.45, 2.75) is 213 Å². The van der Waals surface area contributed by atoms with E-state index in [2.05, 4.69) is 74.6 Å². The number of rotatable bonds is 39. The van der Waals surface area contributed by atoms with Gasteiger partial charge in [0, 0.05) is 12.8 Å². The van der Waals surface area contributed by atoms with Crippen LogP contribution in [0, 0.1) is 0 Å². The van der Waals surface area contributed by atoms with Gasteiger partial charge in [0.15, 0.2) is 6.10 Å². The summed E-state index contributed by atoms with van der Waals surface area (Å²) in [6.45, 7) is 4.07. The first-order valence-corrected chi connectivity index (χ1v) is 21.8. The topological polar surface area (TPSA) is 72.8 Å². The summed E-state index contributed by atoms with van der Waals surface area (Å²) < 4.78 is 10.6. The molecule has 0 aliphatic carbocycles. The van der Waals surface area contributed by atoms with Gasteiger partial charge in [0.2, 0.25) is 0 Å². The summed E-state index contributed by atoms with van der Waals surface area (Å²) in [5.41, 5.74) is 0. The molecule has 0 fully saturated rings. The Bertz CT molecular complexity index is 915. The molecule has 0 saturated heterocycles. The van der Waals surface area contributed by atoms with E-state index in [0.29, 0.717) is 12.8 Å². The number of hydrogen-bond donors (Lipinski definition) is 1. The van der Waals surface area contributed by atoms with E-state index < -0.39 is 6.10 Å². The minimum Gasteiger partial charge on any atom is -0.462 e. The highest BCUT2D eigenvalue weighted by Crippen LogP contribution is 2.13. The standard InChI is InChI=1S/C47H82O5/c1-3-5-7-9-11-13-15-17-19-21-23-25-27-29-31-33-35-37-39-41-46(49)51-44-45(43-48)52-47(50)42-40-38-36-34-32-30-28-26-24-22-20-18-16-14-12-10-8-6-4-2/h11-14,17-20,23,25,45,48H,3-10,15-16,21-22,24,26-44H2,1-2H3/b13-11-,14-12-,19-17-,20-18-,25-23-/t45-/m0/s1. The van der Waals surface area contributed by atoms with Crippen LogP contribution in [0.25, 0.3) is 0 Å². The Balaban J connectivity index is 3.58. The normalized spacial score (nSPS) is 12.8. The van der Waals surface area contributed by atoms with Crippen molar-refractivity contribution in [3.63, 3.8) is 0 Å². The predicted octanol–water partition coefficient (Wildman–Crippen LogP) is 14.0. The Kier molecular flexibility index (Phi) is 41.0. The SMILES string of the molecule is CCCCC/C=C\C/C=C\C/C=C\CCCCCCCCC(=O)OC[C@H](CO)OC(=O)CCCCCCCCCCC/C=C\C/C=C\CCCCC. The number of carbonyl (C=O) groups excluding carboxylic acids is 2. The van der Waals surface area contributed by atoms with Crippen LogP contribution in [0.2, 0.25) is 0 Å². The van der Waals surface area contributed by atoms with Gasteiger partial charge in [-0.25, -0.2) is 0 Å². The number of allylic oxidation sites excluding steroid dienone is 10. The number of aliphatic hydroxyl groups excluding tert-OH is 1. The summed E-state index contributed by atoms with van der Waals surface area (Å²) in [5, 5.41) is 9.58. The molecule has 0 radical (unpaired) electrons. The van der Waals surface area contributed by atoms with Crippen LogP contribution in [0.3, 0.4) is 0 Å². The maximum Gasteiger partial charge on any atom is 0.306 e. The zero-order valence-electron chi connectivity index (χ0n) is 34.1. The van der Waals surface area contributed by atoms with Gasteiger partial charge in [-0.2, -0.15) is 0 Å². The maximum atomic E-state index is 12.2. The van der Waals surface area contributed by atoms with Crippen LogP contribution in [-0.4, -0.2) is 36.4 Å². The molecule has 0 aromatic rings. The molecular formula is C47H82O5. The summed E-state index contributed by atoms with van der Waals surface area (Å²) in [4.78, 5) is 24.3. The Labute approximate surface area is 321 Å². The van der Waals surface area contributed by atoms with E-state index in [1.165, 1.54) is 116 Å². The summed E-state index contributed by atoms with van der Waals surface area (Å²) >= 11 is 0. The van der Waals surface area contributed by atoms with Crippen molar-refractivity contribution in [2.24, 2.45) is 0 Å². The van der Waals surface area contributed by atoms with E-state index in [1.54, 1.807) is 0 Å². The minimum atomic E-state index is -0.781. The lowest BCUT2D eigenvalue weighted by Gasteiger charge is -2.15. The van der Waals surface area contributed by atoms with Gasteiger partial charge in [0.1, 0.15) is 6.61 Å². The fourth-order valence-corrected chi connectivity index (χ4v) is 5.94. The molecule has 0 unspecified atom stereocenters. The molecule has 52 heavy (non-hydrogen) atoms. The molecule has 0 aromatic heterocycles. The molecule has 0 amide bonds.